The Labute approximate surface area is 266 Å². The number of hydrogen-bond donors (Lipinski definition) is 2. The Morgan fingerprint density at radius 3 is 2.44 bits per heavy atom. The minimum Gasteiger partial charge on any atom is -0.352 e. The Kier molecular flexibility index (Phi) is 9.31. The van der Waals surface area contributed by atoms with E-state index in [2.05, 4.69) is 48.0 Å². The zero-order valence-corrected chi connectivity index (χ0v) is 27.0. The van der Waals surface area contributed by atoms with Gasteiger partial charge in [-0.25, -0.2) is 4.98 Å². The third-order valence-corrected chi connectivity index (χ3v) is 10.1. The molecule has 5 heterocycles. The lowest BCUT2D eigenvalue weighted by Gasteiger charge is -2.39. The maximum absolute atomic E-state index is 14.5. The molecule has 5 atom stereocenters. The first kappa shape index (κ1) is 31.7. The van der Waals surface area contributed by atoms with Gasteiger partial charge in [0.15, 0.2) is 6.29 Å². The molecule has 0 bridgehead atoms. The molecule has 0 saturated carbocycles. The Morgan fingerprint density at radius 1 is 1.04 bits per heavy atom. The lowest BCUT2D eigenvalue weighted by Crippen LogP contribution is -2.58. The monoisotopic (exact) mass is 620 g/mol. The molecule has 4 aliphatic rings. The van der Waals surface area contributed by atoms with Crippen molar-refractivity contribution in [3.8, 4) is 0 Å². The molecule has 3 amide bonds. The van der Waals surface area contributed by atoms with Gasteiger partial charge in [0.1, 0.15) is 11.7 Å². The molecule has 2 aromatic rings. The van der Waals surface area contributed by atoms with Gasteiger partial charge in [0.2, 0.25) is 11.8 Å². The molecule has 4 saturated heterocycles. The number of anilines is 1. The number of carbonyl (C=O) groups excluding carboxylic acids is 3. The van der Waals surface area contributed by atoms with E-state index >= 15 is 0 Å². The van der Waals surface area contributed by atoms with Crippen molar-refractivity contribution in [3.05, 3.63) is 48.0 Å². The van der Waals surface area contributed by atoms with E-state index in [0.717, 1.165) is 37.9 Å². The molecule has 0 radical (unpaired) electrons. The topological polar surface area (TPSA) is 120 Å². The number of nitrogens with one attached hydrogen (secondary N) is 2. The van der Waals surface area contributed by atoms with E-state index < -0.39 is 6.04 Å². The second-order valence-electron chi connectivity index (χ2n) is 14.3. The van der Waals surface area contributed by atoms with E-state index in [1.807, 2.05) is 29.2 Å². The molecule has 0 aliphatic carbocycles. The molecular formula is C34H48N6O5. The molecule has 2 N–H and O–H groups in total. The summed E-state index contributed by atoms with van der Waals surface area (Å²) >= 11 is 0. The fraction of sp³-hybridized carbons (Fsp3) is 0.647. The summed E-state index contributed by atoms with van der Waals surface area (Å²) in [6, 6.07) is 6.99. The lowest BCUT2D eigenvalue weighted by molar-refractivity contribution is -0.151. The van der Waals surface area contributed by atoms with Crippen LogP contribution in [0.4, 0.5) is 5.69 Å². The average molecular weight is 621 g/mol. The molecule has 244 valence electrons. The molecule has 4 aliphatic heterocycles. The number of hydrogen-bond acceptors (Lipinski definition) is 7. The molecule has 0 spiro atoms. The summed E-state index contributed by atoms with van der Waals surface area (Å²) < 4.78 is 12.0. The lowest BCUT2D eigenvalue weighted by atomic mass is 9.82. The van der Waals surface area contributed by atoms with E-state index in [4.69, 9.17) is 9.47 Å². The maximum Gasteiger partial charge on any atom is 0.279 e. The fourth-order valence-corrected chi connectivity index (χ4v) is 7.48. The number of H-pyrrole nitrogens is 1. The van der Waals surface area contributed by atoms with Crippen molar-refractivity contribution in [3.63, 3.8) is 0 Å². The summed E-state index contributed by atoms with van der Waals surface area (Å²) in [7, 11) is 2.06. The number of carbonyl (C=O) groups is 3. The number of amides is 3. The second-order valence-corrected chi connectivity index (χ2v) is 14.3. The van der Waals surface area contributed by atoms with E-state index in [9.17, 15) is 14.4 Å². The van der Waals surface area contributed by atoms with Crippen molar-refractivity contribution in [1.82, 2.24) is 25.1 Å². The highest BCUT2D eigenvalue weighted by Gasteiger charge is 2.50. The van der Waals surface area contributed by atoms with E-state index in [1.54, 1.807) is 11.1 Å². The number of nitrogens with zero attached hydrogens (tertiary/aromatic N) is 4. The van der Waals surface area contributed by atoms with Crippen LogP contribution < -0.4 is 10.2 Å². The van der Waals surface area contributed by atoms with Gasteiger partial charge < -0.3 is 29.6 Å². The summed E-state index contributed by atoms with van der Waals surface area (Å²) in [6.45, 7) is 10.4. The van der Waals surface area contributed by atoms with Crippen LogP contribution in [0, 0.1) is 17.8 Å². The van der Waals surface area contributed by atoms with Crippen LogP contribution in [0.25, 0.3) is 0 Å². The van der Waals surface area contributed by atoms with Gasteiger partial charge in [-0.3, -0.25) is 19.3 Å². The Balaban J connectivity index is 1.27. The maximum atomic E-state index is 14.5. The van der Waals surface area contributed by atoms with Crippen LogP contribution in [-0.4, -0.2) is 102 Å². The van der Waals surface area contributed by atoms with E-state index in [-0.39, 0.29) is 58.9 Å². The zero-order chi connectivity index (χ0) is 31.7. The number of aromatic amines is 1. The smallest absolute Gasteiger partial charge is 0.279 e. The molecule has 45 heavy (non-hydrogen) atoms. The largest absolute Gasteiger partial charge is 0.352 e. The molecule has 11 nitrogen and oxygen atoms in total. The van der Waals surface area contributed by atoms with Gasteiger partial charge >= 0.3 is 0 Å². The van der Waals surface area contributed by atoms with Gasteiger partial charge in [0, 0.05) is 56.0 Å². The molecule has 11 heteroatoms. The van der Waals surface area contributed by atoms with Crippen molar-refractivity contribution >= 4 is 23.4 Å². The molecule has 6 rings (SSSR count). The Bertz CT molecular complexity index is 1330. The Hall–Kier alpha value is -3.28. The van der Waals surface area contributed by atoms with Crippen molar-refractivity contribution in [2.24, 2.45) is 17.8 Å². The van der Waals surface area contributed by atoms with Gasteiger partial charge in [-0.2, -0.15) is 0 Å². The number of fused-ring (bicyclic) bond motifs is 1. The van der Waals surface area contributed by atoms with Crippen LogP contribution in [0.1, 0.15) is 68.9 Å². The summed E-state index contributed by atoms with van der Waals surface area (Å²) in [5.74, 6) is -0.543. The molecule has 5 unspecified atom stereocenters. The van der Waals surface area contributed by atoms with Crippen LogP contribution in [0.5, 0.6) is 0 Å². The highest BCUT2D eigenvalue weighted by molar-refractivity contribution is 6.09. The van der Waals surface area contributed by atoms with Gasteiger partial charge in [-0.1, -0.05) is 32.9 Å². The molecule has 1 aromatic heterocycles. The highest BCUT2D eigenvalue weighted by Crippen LogP contribution is 2.40. The van der Waals surface area contributed by atoms with Gasteiger partial charge in [0.05, 0.1) is 18.9 Å². The van der Waals surface area contributed by atoms with Crippen LogP contribution in [0.3, 0.4) is 0 Å². The first-order valence-corrected chi connectivity index (χ1v) is 16.5. The quantitative estimate of drug-likeness (QED) is 0.488. The third-order valence-electron chi connectivity index (χ3n) is 10.1. The fourth-order valence-electron chi connectivity index (χ4n) is 7.48. The predicted octanol–water partition coefficient (Wildman–Crippen LogP) is 3.18. The zero-order valence-electron chi connectivity index (χ0n) is 27.0. The number of ether oxygens (including phenoxy) is 2. The van der Waals surface area contributed by atoms with Crippen molar-refractivity contribution in [1.29, 1.82) is 0 Å². The van der Waals surface area contributed by atoms with Crippen molar-refractivity contribution in [2.45, 2.75) is 76.7 Å². The normalized spacial score (nSPS) is 26.8. The van der Waals surface area contributed by atoms with Crippen molar-refractivity contribution in [2.75, 3.05) is 51.3 Å². The van der Waals surface area contributed by atoms with Crippen LogP contribution in [0.2, 0.25) is 0 Å². The van der Waals surface area contributed by atoms with Crippen LogP contribution >= 0.6 is 0 Å². The highest BCUT2D eigenvalue weighted by atomic mass is 16.7. The number of benzene rings is 1. The van der Waals surface area contributed by atoms with E-state index in [1.165, 1.54) is 6.33 Å². The van der Waals surface area contributed by atoms with Crippen LogP contribution in [0.15, 0.2) is 36.8 Å². The van der Waals surface area contributed by atoms with E-state index in [0.29, 0.717) is 44.8 Å². The Morgan fingerprint density at radius 2 is 1.80 bits per heavy atom. The third kappa shape index (κ3) is 6.80. The first-order chi connectivity index (χ1) is 21.6. The van der Waals surface area contributed by atoms with Gasteiger partial charge in [-0.15, -0.1) is 0 Å². The summed E-state index contributed by atoms with van der Waals surface area (Å²) in [6.07, 6.45) is 6.67. The summed E-state index contributed by atoms with van der Waals surface area (Å²) in [5.41, 5.74) is 1.95. The number of imidazole rings is 1. The van der Waals surface area contributed by atoms with Crippen LogP contribution in [-0.2, 0) is 24.5 Å². The minimum atomic E-state index is -0.833. The van der Waals surface area contributed by atoms with Gasteiger partial charge in [-0.05, 0) is 68.8 Å². The van der Waals surface area contributed by atoms with Crippen molar-refractivity contribution < 1.29 is 23.9 Å². The number of piperidine rings is 1. The number of aromatic nitrogens is 2. The minimum absolute atomic E-state index is 0.0122. The standard InChI is InChI=1S/C34H48N6O5/c1-34(2,3)23-7-9-25(10-8-23)40(32(43)28-18-35-21-36-28)29(27-20-45-33-26(27)6-5-17-44-33)30(41)37-24-12-15-39(16-13-24)31(42)22-11-14-38(4)19-22/h7-10,18,21-22,24,26-27,29,33H,5-6,11-17,19-20H2,1-4H3,(H,35,36)(H,37,41). The molecular weight excluding hydrogens is 572 g/mol. The molecule has 1 aromatic carbocycles. The number of rotatable bonds is 7. The summed E-state index contributed by atoms with van der Waals surface area (Å²) in [5, 5.41) is 3.31. The number of likely N-dealkylation sites (tertiary alicyclic amines) is 2. The SMILES string of the molecule is CN1CCC(C(=O)N2CCC(NC(=O)C(C3COC4OCCCC43)N(C(=O)c3c[nH]cn3)c3ccc(C(C)(C)C)cc3)CC2)C1. The van der Waals surface area contributed by atoms with Gasteiger partial charge in [0.25, 0.3) is 5.91 Å². The summed E-state index contributed by atoms with van der Waals surface area (Å²) in [4.78, 5) is 54.9. The predicted molar refractivity (Wildman–Crippen MR) is 170 cm³/mol. The molecule has 4 fully saturated rings. The first-order valence-electron chi connectivity index (χ1n) is 16.5. The average Bonchev–Trinajstić information content (AvgIpc) is 3.81. The second kappa shape index (κ2) is 13.2.